The van der Waals surface area contributed by atoms with E-state index in [1.54, 1.807) is 11.6 Å². The van der Waals surface area contributed by atoms with Crippen LogP contribution in [0.2, 0.25) is 5.02 Å². The second-order valence-electron chi connectivity index (χ2n) is 3.25. The molecule has 2 aromatic rings. The van der Waals surface area contributed by atoms with Gasteiger partial charge in [0.05, 0.1) is 22.4 Å². The average molecular weight is 253 g/mol. The number of thiazole rings is 1. The summed E-state index contributed by atoms with van der Waals surface area (Å²) in [6, 6.07) is 5.49. The minimum absolute atomic E-state index is 0.182. The Morgan fingerprint density at radius 1 is 1.50 bits per heavy atom. The lowest BCUT2D eigenvalue weighted by atomic mass is 10.2. The maximum atomic E-state index is 11.8. The number of para-hydroxylation sites is 1. The Morgan fingerprint density at radius 3 is 2.94 bits per heavy atom. The van der Waals surface area contributed by atoms with Crippen LogP contribution in [-0.2, 0) is 0 Å². The lowest BCUT2D eigenvalue weighted by molar-refractivity contribution is 0.103. The van der Waals surface area contributed by atoms with Crippen molar-refractivity contribution in [2.24, 2.45) is 0 Å². The van der Waals surface area contributed by atoms with E-state index in [4.69, 9.17) is 11.6 Å². The smallest absolute Gasteiger partial charge is 0.267 e. The van der Waals surface area contributed by atoms with Crippen molar-refractivity contribution >= 4 is 34.5 Å². The van der Waals surface area contributed by atoms with Crippen molar-refractivity contribution in [1.29, 1.82) is 0 Å². The summed E-state index contributed by atoms with van der Waals surface area (Å²) in [5.74, 6) is -0.182. The topological polar surface area (TPSA) is 42.0 Å². The van der Waals surface area contributed by atoms with E-state index >= 15 is 0 Å². The van der Waals surface area contributed by atoms with Crippen molar-refractivity contribution in [3.05, 3.63) is 45.4 Å². The van der Waals surface area contributed by atoms with Gasteiger partial charge in [0.1, 0.15) is 4.88 Å². The van der Waals surface area contributed by atoms with E-state index in [9.17, 15) is 4.79 Å². The zero-order valence-corrected chi connectivity index (χ0v) is 10.1. The van der Waals surface area contributed by atoms with Gasteiger partial charge in [-0.15, -0.1) is 11.3 Å². The Labute approximate surface area is 102 Å². The summed E-state index contributed by atoms with van der Waals surface area (Å²) in [6.45, 7) is 1.90. The second kappa shape index (κ2) is 4.63. The fourth-order valence-electron chi connectivity index (χ4n) is 1.29. The van der Waals surface area contributed by atoms with Gasteiger partial charge in [0.2, 0.25) is 0 Å². The SMILES string of the molecule is Cc1cccc(Cl)c1NC(=O)c1cncs1. The summed E-state index contributed by atoms with van der Waals surface area (Å²) in [7, 11) is 0. The molecule has 1 amide bonds. The maximum absolute atomic E-state index is 11.8. The van der Waals surface area contributed by atoms with Gasteiger partial charge in [-0.05, 0) is 18.6 Å². The van der Waals surface area contributed by atoms with E-state index < -0.39 is 0 Å². The molecule has 1 aromatic carbocycles. The first-order valence-corrected chi connectivity index (χ1v) is 5.89. The lowest BCUT2D eigenvalue weighted by Gasteiger charge is -2.08. The zero-order valence-electron chi connectivity index (χ0n) is 8.53. The number of amides is 1. The molecule has 0 spiro atoms. The molecule has 0 unspecified atom stereocenters. The van der Waals surface area contributed by atoms with Crippen molar-refractivity contribution in [2.75, 3.05) is 5.32 Å². The van der Waals surface area contributed by atoms with Crippen molar-refractivity contribution in [2.45, 2.75) is 6.92 Å². The third-order valence-corrected chi connectivity index (χ3v) is 3.20. The highest BCUT2D eigenvalue weighted by Gasteiger charge is 2.11. The molecule has 5 heteroatoms. The number of aryl methyl sites for hydroxylation is 1. The fraction of sp³-hybridized carbons (Fsp3) is 0.0909. The predicted octanol–water partition coefficient (Wildman–Crippen LogP) is 3.36. The second-order valence-corrected chi connectivity index (χ2v) is 4.55. The molecule has 0 aliphatic carbocycles. The number of carbonyl (C=O) groups excluding carboxylic acids is 1. The molecule has 0 bridgehead atoms. The van der Waals surface area contributed by atoms with Gasteiger partial charge in [-0.2, -0.15) is 0 Å². The first-order chi connectivity index (χ1) is 7.68. The van der Waals surface area contributed by atoms with Crippen LogP contribution in [0.1, 0.15) is 15.2 Å². The Bertz CT molecular complexity index is 490. The molecule has 0 atom stereocenters. The number of nitrogens with zero attached hydrogens (tertiary/aromatic N) is 1. The first-order valence-electron chi connectivity index (χ1n) is 4.63. The van der Waals surface area contributed by atoms with Gasteiger partial charge in [-0.1, -0.05) is 23.7 Å². The Balaban J connectivity index is 2.25. The molecule has 1 N–H and O–H groups in total. The summed E-state index contributed by atoms with van der Waals surface area (Å²) < 4.78 is 0. The standard InChI is InChI=1S/C11H9ClN2OS/c1-7-3-2-4-8(12)10(7)14-11(15)9-5-13-6-16-9/h2-6H,1H3,(H,14,15). The van der Waals surface area contributed by atoms with E-state index in [1.807, 2.05) is 19.1 Å². The molecule has 0 radical (unpaired) electrons. The molecule has 1 heterocycles. The van der Waals surface area contributed by atoms with Crippen LogP contribution in [0.5, 0.6) is 0 Å². The Hall–Kier alpha value is -1.39. The van der Waals surface area contributed by atoms with Crippen LogP contribution < -0.4 is 5.32 Å². The molecule has 16 heavy (non-hydrogen) atoms. The van der Waals surface area contributed by atoms with Crippen LogP contribution in [0.25, 0.3) is 0 Å². The number of benzene rings is 1. The predicted molar refractivity (Wildman–Crippen MR) is 66.3 cm³/mol. The van der Waals surface area contributed by atoms with E-state index in [2.05, 4.69) is 10.3 Å². The number of hydrogen-bond acceptors (Lipinski definition) is 3. The van der Waals surface area contributed by atoms with Crippen molar-refractivity contribution < 1.29 is 4.79 Å². The molecule has 0 aliphatic heterocycles. The summed E-state index contributed by atoms with van der Waals surface area (Å²) >= 11 is 7.30. The van der Waals surface area contributed by atoms with Crippen LogP contribution in [0.15, 0.2) is 29.9 Å². The van der Waals surface area contributed by atoms with Crippen LogP contribution in [0, 0.1) is 6.92 Å². The maximum Gasteiger partial charge on any atom is 0.267 e. The van der Waals surface area contributed by atoms with Gasteiger partial charge in [-0.3, -0.25) is 9.78 Å². The van der Waals surface area contributed by atoms with E-state index in [1.165, 1.54) is 17.5 Å². The summed E-state index contributed by atoms with van der Waals surface area (Å²) in [5, 5.41) is 3.32. The highest BCUT2D eigenvalue weighted by atomic mass is 35.5. The largest absolute Gasteiger partial charge is 0.320 e. The third kappa shape index (κ3) is 2.23. The average Bonchev–Trinajstić information content (AvgIpc) is 2.76. The molecular weight excluding hydrogens is 244 g/mol. The fourth-order valence-corrected chi connectivity index (χ4v) is 2.08. The van der Waals surface area contributed by atoms with Gasteiger partial charge in [0.15, 0.2) is 0 Å². The third-order valence-electron chi connectivity index (χ3n) is 2.12. The van der Waals surface area contributed by atoms with Crippen LogP contribution in [0.3, 0.4) is 0 Å². The van der Waals surface area contributed by atoms with Crippen molar-refractivity contribution in [3.63, 3.8) is 0 Å². The van der Waals surface area contributed by atoms with Gasteiger partial charge >= 0.3 is 0 Å². The zero-order chi connectivity index (χ0) is 11.5. The molecule has 82 valence electrons. The molecule has 2 rings (SSSR count). The van der Waals surface area contributed by atoms with E-state index in [-0.39, 0.29) is 5.91 Å². The van der Waals surface area contributed by atoms with Gasteiger partial charge in [0, 0.05) is 0 Å². The molecule has 1 aromatic heterocycles. The Kier molecular flexibility index (Phi) is 3.22. The number of anilines is 1. The summed E-state index contributed by atoms with van der Waals surface area (Å²) in [5.41, 5.74) is 3.21. The number of rotatable bonds is 2. The highest BCUT2D eigenvalue weighted by Crippen LogP contribution is 2.25. The first kappa shape index (κ1) is 11.1. The normalized spacial score (nSPS) is 10.1. The molecule has 3 nitrogen and oxygen atoms in total. The van der Waals surface area contributed by atoms with Crippen LogP contribution >= 0.6 is 22.9 Å². The summed E-state index contributed by atoms with van der Waals surface area (Å²) in [4.78, 5) is 16.2. The lowest BCUT2D eigenvalue weighted by Crippen LogP contribution is -2.11. The number of aromatic nitrogens is 1. The van der Waals surface area contributed by atoms with Gasteiger partial charge in [-0.25, -0.2) is 0 Å². The van der Waals surface area contributed by atoms with Crippen LogP contribution in [0.4, 0.5) is 5.69 Å². The van der Waals surface area contributed by atoms with Crippen molar-refractivity contribution in [3.8, 4) is 0 Å². The van der Waals surface area contributed by atoms with E-state index in [0.29, 0.717) is 15.6 Å². The molecule has 0 aliphatic rings. The van der Waals surface area contributed by atoms with E-state index in [0.717, 1.165) is 5.56 Å². The minimum atomic E-state index is -0.182. The number of hydrogen-bond donors (Lipinski definition) is 1. The number of halogens is 1. The molecular formula is C11H9ClN2OS. The number of carbonyl (C=O) groups is 1. The van der Waals surface area contributed by atoms with Crippen molar-refractivity contribution in [1.82, 2.24) is 4.98 Å². The van der Waals surface area contributed by atoms with Crippen LogP contribution in [-0.4, -0.2) is 10.9 Å². The number of nitrogens with one attached hydrogen (secondary N) is 1. The summed E-state index contributed by atoms with van der Waals surface area (Å²) in [6.07, 6.45) is 1.53. The monoisotopic (exact) mass is 252 g/mol. The van der Waals surface area contributed by atoms with Gasteiger partial charge < -0.3 is 5.32 Å². The molecule has 0 saturated carbocycles. The highest BCUT2D eigenvalue weighted by molar-refractivity contribution is 7.11. The minimum Gasteiger partial charge on any atom is -0.320 e. The van der Waals surface area contributed by atoms with Gasteiger partial charge in [0.25, 0.3) is 5.91 Å². The molecule has 0 saturated heterocycles. The quantitative estimate of drug-likeness (QED) is 0.891. The molecule has 0 fully saturated rings. The Morgan fingerprint density at radius 2 is 2.31 bits per heavy atom.